The second-order valence-electron chi connectivity index (χ2n) is 3.97. The van der Waals surface area contributed by atoms with Gasteiger partial charge in [0.05, 0.1) is 16.9 Å². The topological polar surface area (TPSA) is 75.3 Å². The molecule has 20 heavy (non-hydrogen) atoms. The largest absolute Gasteiger partial charge is 0.478 e. The van der Waals surface area contributed by atoms with Crippen molar-refractivity contribution >= 4 is 39.0 Å². The van der Waals surface area contributed by atoms with Gasteiger partial charge in [0.15, 0.2) is 0 Å². The fourth-order valence-corrected chi connectivity index (χ4v) is 2.06. The zero-order chi connectivity index (χ0) is 14.9. The number of nitrogens with one attached hydrogen (secondary N) is 1. The van der Waals surface area contributed by atoms with Gasteiger partial charge in [0.1, 0.15) is 11.6 Å². The quantitative estimate of drug-likeness (QED) is 0.742. The minimum atomic E-state index is -1.26. The highest BCUT2D eigenvalue weighted by molar-refractivity contribution is 9.10. The lowest BCUT2D eigenvalue weighted by molar-refractivity contribution is 0.0698. The summed E-state index contributed by atoms with van der Waals surface area (Å²) in [7, 11) is 0. The van der Waals surface area contributed by atoms with Crippen LogP contribution in [-0.4, -0.2) is 11.1 Å². The van der Waals surface area contributed by atoms with Gasteiger partial charge in [-0.3, -0.25) is 0 Å². The van der Waals surface area contributed by atoms with Crippen LogP contribution in [0.3, 0.4) is 0 Å². The first-order chi connectivity index (χ1) is 9.38. The molecular weight excluding hydrogens is 334 g/mol. The van der Waals surface area contributed by atoms with Crippen LogP contribution in [0.2, 0.25) is 0 Å². The number of hydrogen-bond acceptors (Lipinski definition) is 3. The van der Waals surface area contributed by atoms with Crippen LogP contribution in [0.15, 0.2) is 34.8 Å². The van der Waals surface area contributed by atoms with E-state index >= 15 is 0 Å². The van der Waals surface area contributed by atoms with Gasteiger partial charge in [0.25, 0.3) is 0 Å². The molecular formula is C13H9BrF2N2O2. The SMILES string of the molecule is Nc1cc(F)c(Nc2ccc(F)cc2Br)cc1C(=O)O. The number of aromatic carboxylic acids is 1. The fourth-order valence-electron chi connectivity index (χ4n) is 1.61. The lowest BCUT2D eigenvalue weighted by Crippen LogP contribution is -2.05. The van der Waals surface area contributed by atoms with Crippen LogP contribution in [-0.2, 0) is 0 Å². The second-order valence-corrected chi connectivity index (χ2v) is 4.83. The second kappa shape index (κ2) is 5.46. The first-order valence-corrected chi connectivity index (χ1v) is 6.22. The van der Waals surface area contributed by atoms with Crippen molar-refractivity contribution in [2.45, 2.75) is 0 Å². The van der Waals surface area contributed by atoms with Crippen LogP contribution in [0.25, 0.3) is 0 Å². The molecule has 0 unspecified atom stereocenters. The van der Waals surface area contributed by atoms with E-state index in [0.717, 1.165) is 12.1 Å². The molecule has 0 fully saturated rings. The fraction of sp³-hybridized carbons (Fsp3) is 0. The molecule has 0 aliphatic heterocycles. The lowest BCUT2D eigenvalue weighted by atomic mass is 10.1. The van der Waals surface area contributed by atoms with Crippen molar-refractivity contribution in [3.8, 4) is 0 Å². The highest BCUT2D eigenvalue weighted by Gasteiger charge is 2.14. The number of benzene rings is 2. The first-order valence-electron chi connectivity index (χ1n) is 5.43. The molecule has 0 spiro atoms. The van der Waals surface area contributed by atoms with E-state index in [0.29, 0.717) is 10.2 Å². The third-order valence-electron chi connectivity index (χ3n) is 2.57. The smallest absolute Gasteiger partial charge is 0.337 e. The first kappa shape index (κ1) is 14.3. The Labute approximate surface area is 121 Å². The number of hydrogen-bond donors (Lipinski definition) is 3. The maximum Gasteiger partial charge on any atom is 0.337 e. The van der Waals surface area contributed by atoms with Gasteiger partial charge in [-0.25, -0.2) is 13.6 Å². The van der Waals surface area contributed by atoms with Crippen molar-refractivity contribution in [2.24, 2.45) is 0 Å². The highest BCUT2D eigenvalue weighted by atomic mass is 79.9. The predicted octanol–water partition coefficient (Wildman–Crippen LogP) is 3.75. The number of nitrogen functional groups attached to an aromatic ring is 1. The molecule has 0 heterocycles. The zero-order valence-corrected chi connectivity index (χ0v) is 11.5. The van der Waals surface area contributed by atoms with Crippen molar-refractivity contribution in [1.29, 1.82) is 0 Å². The molecule has 4 nitrogen and oxygen atoms in total. The Morgan fingerprint density at radius 3 is 2.50 bits per heavy atom. The van der Waals surface area contributed by atoms with E-state index in [9.17, 15) is 13.6 Å². The Balaban J connectivity index is 2.43. The number of carbonyl (C=O) groups is 1. The summed E-state index contributed by atoms with van der Waals surface area (Å²) < 4.78 is 27.1. The van der Waals surface area contributed by atoms with Crippen molar-refractivity contribution < 1.29 is 18.7 Å². The number of anilines is 3. The molecule has 0 amide bonds. The summed E-state index contributed by atoms with van der Waals surface area (Å²) in [5.41, 5.74) is 5.37. The Hall–Kier alpha value is -2.15. The summed E-state index contributed by atoms with van der Waals surface area (Å²) in [4.78, 5) is 11.0. The molecule has 0 bridgehead atoms. The van der Waals surface area contributed by atoms with E-state index in [-0.39, 0.29) is 16.9 Å². The van der Waals surface area contributed by atoms with Gasteiger partial charge in [0.2, 0.25) is 0 Å². The van der Waals surface area contributed by atoms with E-state index in [1.54, 1.807) is 0 Å². The van der Waals surface area contributed by atoms with Crippen molar-refractivity contribution in [3.05, 3.63) is 52.0 Å². The third kappa shape index (κ3) is 2.88. The van der Waals surface area contributed by atoms with Crippen molar-refractivity contribution in [3.63, 3.8) is 0 Å². The summed E-state index contributed by atoms with van der Waals surface area (Å²) in [6.07, 6.45) is 0. The minimum Gasteiger partial charge on any atom is -0.478 e. The summed E-state index contributed by atoms with van der Waals surface area (Å²) in [6, 6.07) is 5.80. The van der Waals surface area contributed by atoms with Gasteiger partial charge < -0.3 is 16.2 Å². The molecule has 2 rings (SSSR count). The van der Waals surface area contributed by atoms with Crippen LogP contribution < -0.4 is 11.1 Å². The van der Waals surface area contributed by atoms with E-state index in [4.69, 9.17) is 10.8 Å². The van der Waals surface area contributed by atoms with Gasteiger partial charge >= 0.3 is 5.97 Å². The average molecular weight is 343 g/mol. The Bertz CT molecular complexity index is 692. The standard InChI is InChI=1S/C13H9BrF2N2O2/c14-8-3-6(15)1-2-11(8)18-12-4-7(13(19)20)10(17)5-9(12)16/h1-5,18H,17H2,(H,19,20). The number of nitrogens with two attached hydrogens (primary N) is 1. The van der Waals surface area contributed by atoms with Crippen LogP contribution in [0.1, 0.15) is 10.4 Å². The van der Waals surface area contributed by atoms with Gasteiger partial charge in [-0.05, 0) is 46.3 Å². The number of carboxylic acid groups (broad SMARTS) is 1. The summed E-state index contributed by atoms with van der Waals surface area (Å²) in [5.74, 6) is -2.42. The minimum absolute atomic E-state index is 0.0658. The number of rotatable bonds is 3. The average Bonchev–Trinajstić information content (AvgIpc) is 2.35. The molecule has 0 radical (unpaired) electrons. The van der Waals surface area contributed by atoms with Gasteiger partial charge in [-0.1, -0.05) is 0 Å². The molecule has 0 saturated heterocycles. The van der Waals surface area contributed by atoms with Gasteiger partial charge in [0, 0.05) is 10.2 Å². The molecule has 7 heteroatoms. The maximum atomic E-state index is 13.8. The summed E-state index contributed by atoms with van der Waals surface area (Å²) in [5, 5.41) is 11.6. The molecule has 0 aromatic heterocycles. The molecule has 2 aromatic rings. The summed E-state index contributed by atoms with van der Waals surface area (Å²) >= 11 is 3.13. The zero-order valence-electron chi connectivity index (χ0n) is 9.95. The monoisotopic (exact) mass is 342 g/mol. The molecule has 2 aromatic carbocycles. The predicted molar refractivity (Wildman–Crippen MR) is 75.2 cm³/mol. The third-order valence-corrected chi connectivity index (χ3v) is 3.23. The molecule has 104 valence electrons. The molecule has 0 aliphatic carbocycles. The van der Waals surface area contributed by atoms with E-state index in [1.165, 1.54) is 18.2 Å². The molecule has 4 N–H and O–H groups in total. The highest BCUT2D eigenvalue weighted by Crippen LogP contribution is 2.30. The normalized spacial score (nSPS) is 10.3. The van der Waals surface area contributed by atoms with Gasteiger partial charge in [-0.2, -0.15) is 0 Å². The van der Waals surface area contributed by atoms with Crippen LogP contribution in [0.4, 0.5) is 25.8 Å². The van der Waals surface area contributed by atoms with Gasteiger partial charge in [-0.15, -0.1) is 0 Å². The Morgan fingerprint density at radius 1 is 1.20 bits per heavy atom. The summed E-state index contributed by atoms with van der Waals surface area (Å²) in [6.45, 7) is 0. The number of carboxylic acids is 1. The van der Waals surface area contributed by atoms with E-state index in [2.05, 4.69) is 21.2 Å². The molecule has 0 aliphatic rings. The maximum absolute atomic E-state index is 13.8. The molecule has 0 saturated carbocycles. The number of halogens is 3. The van der Waals surface area contributed by atoms with Crippen molar-refractivity contribution in [2.75, 3.05) is 11.1 Å². The van der Waals surface area contributed by atoms with Crippen LogP contribution in [0.5, 0.6) is 0 Å². The Kier molecular flexibility index (Phi) is 3.89. The van der Waals surface area contributed by atoms with E-state index in [1.807, 2.05) is 0 Å². The van der Waals surface area contributed by atoms with Crippen molar-refractivity contribution in [1.82, 2.24) is 0 Å². The van der Waals surface area contributed by atoms with Crippen LogP contribution in [0, 0.1) is 11.6 Å². The lowest BCUT2D eigenvalue weighted by Gasteiger charge is -2.11. The molecule has 0 atom stereocenters. The van der Waals surface area contributed by atoms with E-state index < -0.39 is 17.6 Å². The Morgan fingerprint density at radius 2 is 1.90 bits per heavy atom. The van der Waals surface area contributed by atoms with Crippen LogP contribution >= 0.6 is 15.9 Å².